The number of carbonyl (C=O) groups is 1. The number of nitrogens with zero attached hydrogens (tertiary/aromatic N) is 5. The summed E-state index contributed by atoms with van der Waals surface area (Å²) in [6.45, 7) is 8.75. The fourth-order valence-electron chi connectivity index (χ4n) is 9.50. The summed E-state index contributed by atoms with van der Waals surface area (Å²) in [6, 6.07) is 27.3. The van der Waals surface area contributed by atoms with Crippen LogP contribution in [0.3, 0.4) is 0 Å². The van der Waals surface area contributed by atoms with Gasteiger partial charge in [-0.05, 0) is 109 Å². The fourth-order valence-corrected chi connectivity index (χ4v) is 9.50. The van der Waals surface area contributed by atoms with Gasteiger partial charge in [0.2, 0.25) is 5.91 Å². The van der Waals surface area contributed by atoms with Gasteiger partial charge in [-0.15, -0.1) is 0 Å². The quantitative estimate of drug-likeness (QED) is 0.147. The zero-order chi connectivity index (χ0) is 41.3. The molecule has 2 aromatic heterocycles. The lowest BCUT2D eigenvalue weighted by atomic mass is 9.62. The molecule has 0 spiro atoms. The van der Waals surface area contributed by atoms with E-state index >= 15 is 0 Å². The van der Waals surface area contributed by atoms with Gasteiger partial charge in [0.05, 0.1) is 47.2 Å². The lowest BCUT2D eigenvalue weighted by Gasteiger charge is -2.49. The maximum Gasteiger partial charge on any atom is 0.228 e. The molecule has 0 unspecified atom stereocenters. The minimum Gasteiger partial charge on any atom is -0.396 e. The third-order valence-electron chi connectivity index (χ3n) is 13.4. The van der Waals surface area contributed by atoms with Crippen molar-refractivity contribution >= 4 is 18.1 Å². The maximum absolute atomic E-state index is 14.7. The summed E-state index contributed by atoms with van der Waals surface area (Å²) in [5, 5.41) is 40.5. The standard InChI is InChI=1S/C50H56N5O3/c1-32-14-21-46(42(34(32)3)22-19-40-17-15-38(29-53-40)44-12-8-6-10-36(44)27-51)48(31-57)50(58)55(5)49-26-33(2)35(4)43(47(49)24-25-56)23-20-41-18-16-39(30-54-41)45-13-9-7-11-37(45)28-52/h6-13,15-23,29-30,32-35,42-43,46-49,56-57H,14,24-26,31H2,1-5H3/b22-19+,23-20+/t32-,33-,34+,35+,42-,43-,46+,47-,48+,49+/m0/s1. The Morgan fingerprint density at radius 1 is 0.793 bits per heavy atom. The normalized spacial score (nSPS) is 26.5. The largest absolute Gasteiger partial charge is 0.396 e. The van der Waals surface area contributed by atoms with Crippen LogP contribution >= 0.6 is 0 Å². The monoisotopic (exact) mass is 774 g/mol. The first-order valence-corrected chi connectivity index (χ1v) is 20.7. The first-order chi connectivity index (χ1) is 28.1. The zero-order valence-electron chi connectivity index (χ0n) is 34.3. The number of aliphatic hydroxyl groups excluding tert-OH is 2. The van der Waals surface area contributed by atoms with Gasteiger partial charge in [-0.3, -0.25) is 14.8 Å². The molecule has 4 aromatic rings. The molecule has 2 N–H and O–H groups in total. The summed E-state index contributed by atoms with van der Waals surface area (Å²) in [7, 11) is 1.89. The Morgan fingerprint density at radius 2 is 1.33 bits per heavy atom. The van der Waals surface area contributed by atoms with Crippen molar-refractivity contribution in [2.45, 2.75) is 53.0 Å². The molecule has 2 aromatic carbocycles. The average Bonchev–Trinajstić information content (AvgIpc) is 3.26. The smallest absolute Gasteiger partial charge is 0.228 e. The topological polar surface area (TPSA) is 134 Å². The van der Waals surface area contributed by atoms with Crippen molar-refractivity contribution in [3.8, 4) is 34.4 Å². The van der Waals surface area contributed by atoms with Crippen LogP contribution in [-0.2, 0) is 4.79 Å². The minimum atomic E-state index is -0.611. The van der Waals surface area contributed by atoms with Crippen molar-refractivity contribution in [1.82, 2.24) is 14.9 Å². The Balaban J connectivity index is 1.21. The van der Waals surface area contributed by atoms with Crippen LogP contribution in [0.15, 0.2) is 97.3 Å². The molecule has 2 fully saturated rings. The second kappa shape index (κ2) is 19.4. The van der Waals surface area contributed by atoms with Crippen molar-refractivity contribution in [2.75, 3.05) is 20.3 Å². The van der Waals surface area contributed by atoms with Gasteiger partial charge in [0.15, 0.2) is 0 Å². The number of hydrogen-bond donors (Lipinski definition) is 2. The van der Waals surface area contributed by atoms with E-state index in [0.717, 1.165) is 46.5 Å². The summed E-state index contributed by atoms with van der Waals surface area (Å²) < 4.78 is 0. The maximum atomic E-state index is 14.7. The number of amides is 1. The van der Waals surface area contributed by atoms with E-state index in [1.54, 1.807) is 24.5 Å². The highest BCUT2D eigenvalue weighted by molar-refractivity contribution is 5.80. The van der Waals surface area contributed by atoms with E-state index in [9.17, 15) is 25.5 Å². The molecule has 0 aliphatic heterocycles. The first-order valence-electron chi connectivity index (χ1n) is 20.7. The molecule has 2 aliphatic carbocycles. The SMILES string of the molecule is C[C@H]1[C@H](/C=C/c2ccc(-c3ccccc3C#N)cn2)[C@H]([C@@H](CO)C(=O)N(C)[C@@H]2C[C@H](C)[C@@H](C)[C@H](/C=C/c3ccc(-c4ccccc4C#N)cn3)[C@@H]2CCO)[CH]C[C@@H]1C. The highest BCUT2D eigenvalue weighted by Crippen LogP contribution is 2.46. The Kier molecular flexibility index (Phi) is 14.1. The number of benzene rings is 2. The molecule has 0 saturated heterocycles. The predicted octanol–water partition coefficient (Wildman–Crippen LogP) is 9.12. The van der Waals surface area contributed by atoms with Crippen LogP contribution in [0.5, 0.6) is 0 Å². The number of carbonyl (C=O) groups excluding carboxylic acids is 1. The third kappa shape index (κ3) is 9.15. The molecule has 0 bridgehead atoms. The lowest BCUT2D eigenvalue weighted by molar-refractivity contribution is -0.144. The number of aliphatic hydroxyl groups is 2. The summed E-state index contributed by atoms with van der Waals surface area (Å²) >= 11 is 0. The second-order valence-electron chi connectivity index (χ2n) is 16.6. The average molecular weight is 775 g/mol. The summed E-state index contributed by atoms with van der Waals surface area (Å²) in [4.78, 5) is 26.0. The summed E-state index contributed by atoms with van der Waals surface area (Å²) in [5.41, 5.74) is 6.26. The van der Waals surface area contributed by atoms with Crippen LogP contribution < -0.4 is 0 Å². The first kappa shape index (κ1) is 42.2. The van der Waals surface area contributed by atoms with Crippen LogP contribution in [0, 0.1) is 82.3 Å². The van der Waals surface area contributed by atoms with E-state index in [-0.39, 0.29) is 54.8 Å². The van der Waals surface area contributed by atoms with Gasteiger partial charge in [-0.2, -0.15) is 10.5 Å². The molecular weight excluding hydrogens is 719 g/mol. The van der Waals surface area contributed by atoms with Crippen LogP contribution in [0.1, 0.15) is 69.5 Å². The number of allylic oxidation sites excluding steroid dienone is 2. The molecule has 8 heteroatoms. The highest BCUT2D eigenvalue weighted by atomic mass is 16.3. The van der Waals surface area contributed by atoms with Gasteiger partial charge in [0, 0.05) is 54.3 Å². The van der Waals surface area contributed by atoms with Crippen LogP contribution in [0.2, 0.25) is 0 Å². The molecule has 8 nitrogen and oxygen atoms in total. The molecule has 1 amide bonds. The van der Waals surface area contributed by atoms with Gasteiger partial charge in [0.1, 0.15) is 0 Å². The van der Waals surface area contributed by atoms with E-state index in [0.29, 0.717) is 35.3 Å². The minimum absolute atomic E-state index is 0.0144. The molecule has 2 aliphatic rings. The Labute approximate surface area is 344 Å². The van der Waals surface area contributed by atoms with Gasteiger partial charge < -0.3 is 15.1 Å². The lowest BCUT2D eigenvalue weighted by Crippen LogP contribution is -2.54. The van der Waals surface area contributed by atoms with Crippen LogP contribution in [-0.4, -0.2) is 57.3 Å². The molecule has 1 radical (unpaired) electrons. The number of aromatic nitrogens is 2. The van der Waals surface area contributed by atoms with Gasteiger partial charge in [-0.25, -0.2) is 0 Å². The van der Waals surface area contributed by atoms with E-state index in [2.05, 4.69) is 58.4 Å². The van der Waals surface area contributed by atoms with E-state index < -0.39 is 5.92 Å². The summed E-state index contributed by atoms with van der Waals surface area (Å²) in [5.74, 6) is 0.612. The molecule has 58 heavy (non-hydrogen) atoms. The van der Waals surface area contributed by atoms with Crippen molar-refractivity contribution in [3.05, 3.63) is 126 Å². The fraction of sp³-hybridized carbons (Fsp3) is 0.400. The second-order valence-corrected chi connectivity index (χ2v) is 16.6. The third-order valence-corrected chi connectivity index (χ3v) is 13.4. The van der Waals surface area contributed by atoms with Crippen molar-refractivity contribution < 1.29 is 15.0 Å². The Bertz CT molecular complexity index is 2150. The zero-order valence-corrected chi connectivity index (χ0v) is 34.3. The van der Waals surface area contributed by atoms with Crippen molar-refractivity contribution in [2.24, 2.45) is 53.3 Å². The molecule has 10 atom stereocenters. The van der Waals surface area contributed by atoms with Crippen molar-refractivity contribution in [1.29, 1.82) is 10.5 Å². The van der Waals surface area contributed by atoms with E-state index in [1.807, 2.05) is 84.8 Å². The van der Waals surface area contributed by atoms with E-state index in [4.69, 9.17) is 9.97 Å². The molecule has 2 heterocycles. The summed E-state index contributed by atoms with van der Waals surface area (Å²) in [6.07, 6.45) is 16.5. The number of rotatable bonds is 12. The van der Waals surface area contributed by atoms with Crippen LogP contribution in [0.25, 0.3) is 34.4 Å². The van der Waals surface area contributed by atoms with E-state index in [1.165, 1.54) is 0 Å². The Hall–Kier alpha value is -5.41. The van der Waals surface area contributed by atoms with Gasteiger partial charge in [0.25, 0.3) is 0 Å². The molecule has 2 saturated carbocycles. The number of hydrogen-bond acceptors (Lipinski definition) is 7. The predicted molar refractivity (Wildman–Crippen MR) is 230 cm³/mol. The number of pyridine rings is 2. The highest BCUT2D eigenvalue weighted by Gasteiger charge is 2.46. The van der Waals surface area contributed by atoms with Crippen LogP contribution in [0.4, 0.5) is 0 Å². The van der Waals surface area contributed by atoms with Gasteiger partial charge >= 0.3 is 0 Å². The molecule has 6 rings (SSSR count). The molecule has 299 valence electrons. The Morgan fingerprint density at radius 3 is 1.83 bits per heavy atom. The van der Waals surface area contributed by atoms with Crippen molar-refractivity contribution in [3.63, 3.8) is 0 Å². The number of nitriles is 2. The molecular formula is C50H56N5O3. The van der Waals surface area contributed by atoms with Gasteiger partial charge in [-0.1, -0.05) is 88.4 Å².